The van der Waals surface area contributed by atoms with Crippen LogP contribution in [0.1, 0.15) is 71.6 Å². The number of aliphatic hydroxyl groups is 1. The number of hydrogen-bond acceptors (Lipinski definition) is 2. The lowest BCUT2D eigenvalue weighted by Gasteiger charge is -2.60. The van der Waals surface area contributed by atoms with Crippen LogP contribution in [0.2, 0.25) is 0 Å². The van der Waals surface area contributed by atoms with Crippen molar-refractivity contribution in [3.05, 3.63) is 0 Å². The Balaban J connectivity index is 1.64. The van der Waals surface area contributed by atoms with Crippen molar-refractivity contribution in [1.29, 1.82) is 0 Å². The molecule has 3 unspecified atom stereocenters. The van der Waals surface area contributed by atoms with Gasteiger partial charge < -0.3 is 5.11 Å². The monoisotopic (exact) mass is 290 g/mol. The van der Waals surface area contributed by atoms with Gasteiger partial charge in [0.25, 0.3) is 0 Å². The summed E-state index contributed by atoms with van der Waals surface area (Å²) >= 11 is 0. The Labute approximate surface area is 128 Å². The number of carbonyl (C=O) groups excluding carboxylic acids is 1. The molecule has 4 aliphatic carbocycles. The zero-order valence-electron chi connectivity index (χ0n) is 13.6. The first-order valence-corrected chi connectivity index (χ1v) is 9.16. The standard InChI is InChI=1S/C19H30O2/c1-18-9-7-13(20)11-12(18)3-4-14-15-5-6-17(21)19(15,2)10-8-16(14)18/h12-16,20H,3-11H2,1-2H3/t12?,13-,14-,15?,16?,18-,19-/m1/s1. The normalized spacial score (nSPS) is 56.5. The van der Waals surface area contributed by atoms with Crippen LogP contribution < -0.4 is 0 Å². The van der Waals surface area contributed by atoms with Crippen molar-refractivity contribution in [2.45, 2.75) is 77.7 Å². The van der Waals surface area contributed by atoms with E-state index in [1.165, 1.54) is 25.7 Å². The molecule has 118 valence electrons. The average molecular weight is 290 g/mol. The molecule has 4 fully saturated rings. The molecule has 0 spiro atoms. The molecular formula is C19H30O2. The van der Waals surface area contributed by atoms with Crippen molar-refractivity contribution < 1.29 is 9.90 Å². The third-order valence-electron chi connectivity index (χ3n) is 8.35. The number of aliphatic hydroxyl groups excluding tert-OH is 1. The van der Waals surface area contributed by atoms with Gasteiger partial charge in [-0.05, 0) is 80.5 Å². The minimum atomic E-state index is -0.0541. The molecule has 0 amide bonds. The zero-order chi connectivity index (χ0) is 14.8. The number of Topliss-reactive ketones (excluding diaryl/α,β-unsaturated/α-hetero) is 1. The molecule has 4 aliphatic rings. The highest BCUT2D eigenvalue weighted by molar-refractivity contribution is 5.87. The second kappa shape index (κ2) is 4.57. The van der Waals surface area contributed by atoms with Gasteiger partial charge in [0.2, 0.25) is 0 Å². The van der Waals surface area contributed by atoms with Gasteiger partial charge in [0, 0.05) is 11.8 Å². The maximum Gasteiger partial charge on any atom is 0.139 e. The van der Waals surface area contributed by atoms with E-state index in [0.717, 1.165) is 49.9 Å². The Morgan fingerprint density at radius 1 is 1.00 bits per heavy atom. The quantitative estimate of drug-likeness (QED) is 0.733. The van der Waals surface area contributed by atoms with E-state index in [0.29, 0.717) is 17.1 Å². The summed E-state index contributed by atoms with van der Waals surface area (Å²) in [6.07, 6.45) is 10.1. The molecule has 0 aromatic carbocycles. The summed E-state index contributed by atoms with van der Waals surface area (Å²) < 4.78 is 0. The average Bonchev–Trinajstić information content (AvgIpc) is 2.76. The smallest absolute Gasteiger partial charge is 0.139 e. The lowest BCUT2D eigenvalue weighted by molar-refractivity contribution is -0.142. The fourth-order valence-corrected chi connectivity index (χ4v) is 7.01. The lowest BCUT2D eigenvalue weighted by Crippen LogP contribution is -2.54. The topological polar surface area (TPSA) is 37.3 Å². The number of hydrogen-bond donors (Lipinski definition) is 1. The van der Waals surface area contributed by atoms with Crippen molar-refractivity contribution in [2.75, 3.05) is 0 Å². The second-order valence-electron chi connectivity index (χ2n) is 9.00. The second-order valence-corrected chi connectivity index (χ2v) is 9.00. The van der Waals surface area contributed by atoms with E-state index in [1.54, 1.807) is 0 Å². The summed E-state index contributed by atoms with van der Waals surface area (Å²) in [4.78, 5) is 12.4. The van der Waals surface area contributed by atoms with E-state index in [-0.39, 0.29) is 11.5 Å². The van der Waals surface area contributed by atoms with Gasteiger partial charge in [0.15, 0.2) is 0 Å². The van der Waals surface area contributed by atoms with Gasteiger partial charge >= 0.3 is 0 Å². The minimum Gasteiger partial charge on any atom is -0.393 e. The largest absolute Gasteiger partial charge is 0.393 e. The summed E-state index contributed by atoms with van der Waals surface area (Å²) in [7, 11) is 0. The molecule has 0 aromatic rings. The predicted molar refractivity (Wildman–Crippen MR) is 82.7 cm³/mol. The summed E-state index contributed by atoms with van der Waals surface area (Å²) in [5.74, 6) is 3.54. The number of carbonyl (C=O) groups is 1. The van der Waals surface area contributed by atoms with Crippen LogP contribution in [-0.4, -0.2) is 17.0 Å². The zero-order valence-corrected chi connectivity index (χ0v) is 13.6. The molecule has 2 nitrogen and oxygen atoms in total. The van der Waals surface area contributed by atoms with Crippen LogP contribution in [0.5, 0.6) is 0 Å². The first kappa shape index (κ1) is 14.2. The summed E-state index contributed by atoms with van der Waals surface area (Å²) in [5, 5.41) is 10.0. The predicted octanol–water partition coefficient (Wildman–Crippen LogP) is 3.96. The van der Waals surface area contributed by atoms with E-state index in [9.17, 15) is 9.90 Å². The Morgan fingerprint density at radius 2 is 1.81 bits per heavy atom. The molecule has 21 heavy (non-hydrogen) atoms. The first-order chi connectivity index (χ1) is 9.95. The van der Waals surface area contributed by atoms with Crippen molar-refractivity contribution in [1.82, 2.24) is 0 Å². The van der Waals surface area contributed by atoms with E-state index in [2.05, 4.69) is 13.8 Å². The SMILES string of the molecule is C[C@@]12CC[C@@H](O)CC1CC[C@H]1C2CC[C@@]2(C)C(=O)CCC12. The summed E-state index contributed by atoms with van der Waals surface area (Å²) in [6, 6.07) is 0. The fraction of sp³-hybridized carbons (Fsp3) is 0.947. The van der Waals surface area contributed by atoms with E-state index in [1.807, 2.05) is 0 Å². The van der Waals surface area contributed by atoms with Crippen LogP contribution in [0.25, 0.3) is 0 Å². The lowest BCUT2D eigenvalue weighted by atomic mass is 9.45. The van der Waals surface area contributed by atoms with Gasteiger partial charge in [-0.1, -0.05) is 13.8 Å². The van der Waals surface area contributed by atoms with Crippen molar-refractivity contribution in [3.63, 3.8) is 0 Å². The molecule has 1 N–H and O–H groups in total. The van der Waals surface area contributed by atoms with Crippen LogP contribution in [-0.2, 0) is 4.79 Å². The Bertz CT molecular complexity index is 458. The third-order valence-corrected chi connectivity index (χ3v) is 8.35. The molecule has 0 aromatic heterocycles. The Hall–Kier alpha value is -0.370. The minimum absolute atomic E-state index is 0.0124. The van der Waals surface area contributed by atoms with Crippen molar-refractivity contribution in [3.8, 4) is 0 Å². The molecule has 4 saturated carbocycles. The molecule has 0 bridgehead atoms. The highest BCUT2D eigenvalue weighted by Crippen LogP contribution is 2.65. The molecule has 4 rings (SSSR count). The molecule has 0 saturated heterocycles. The highest BCUT2D eigenvalue weighted by Gasteiger charge is 2.60. The fourth-order valence-electron chi connectivity index (χ4n) is 7.01. The van der Waals surface area contributed by atoms with Gasteiger partial charge in [-0.15, -0.1) is 0 Å². The van der Waals surface area contributed by atoms with Crippen LogP contribution in [0, 0.1) is 34.5 Å². The molecular weight excluding hydrogens is 260 g/mol. The maximum absolute atomic E-state index is 12.4. The molecule has 2 heteroatoms. The van der Waals surface area contributed by atoms with E-state index >= 15 is 0 Å². The molecule has 0 aliphatic heterocycles. The van der Waals surface area contributed by atoms with Gasteiger partial charge in [-0.25, -0.2) is 0 Å². The molecule has 0 radical (unpaired) electrons. The molecule has 7 atom stereocenters. The number of rotatable bonds is 0. The van der Waals surface area contributed by atoms with Crippen LogP contribution in [0.4, 0.5) is 0 Å². The summed E-state index contributed by atoms with van der Waals surface area (Å²) in [6.45, 7) is 4.78. The highest BCUT2D eigenvalue weighted by atomic mass is 16.3. The van der Waals surface area contributed by atoms with E-state index in [4.69, 9.17) is 0 Å². The van der Waals surface area contributed by atoms with E-state index < -0.39 is 0 Å². The van der Waals surface area contributed by atoms with Crippen molar-refractivity contribution >= 4 is 5.78 Å². The Morgan fingerprint density at radius 3 is 2.62 bits per heavy atom. The van der Waals surface area contributed by atoms with Crippen LogP contribution in [0.15, 0.2) is 0 Å². The van der Waals surface area contributed by atoms with Gasteiger partial charge in [-0.3, -0.25) is 4.79 Å². The van der Waals surface area contributed by atoms with Crippen molar-refractivity contribution in [2.24, 2.45) is 34.5 Å². The van der Waals surface area contributed by atoms with Crippen LogP contribution in [0.3, 0.4) is 0 Å². The van der Waals surface area contributed by atoms with Gasteiger partial charge in [0.1, 0.15) is 5.78 Å². The number of fused-ring (bicyclic) bond motifs is 5. The molecule has 0 heterocycles. The maximum atomic E-state index is 12.4. The first-order valence-electron chi connectivity index (χ1n) is 9.16. The van der Waals surface area contributed by atoms with Crippen LogP contribution >= 0.6 is 0 Å². The number of ketones is 1. The van der Waals surface area contributed by atoms with Gasteiger partial charge in [-0.2, -0.15) is 0 Å². The third kappa shape index (κ3) is 1.84. The summed E-state index contributed by atoms with van der Waals surface area (Å²) in [5.41, 5.74) is 0.452. The Kier molecular flexibility index (Phi) is 3.10. The van der Waals surface area contributed by atoms with Gasteiger partial charge in [0.05, 0.1) is 6.10 Å².